The summed E-state index contributed by atoms with van der Waals surface area (Å²) in [5.41, 5.74) is 0.563. The molecule has 7 nitrogen and oxygen atoms in total. The van der Waals surface area contributed by atoms with Crippen molar-refractivity contribution >= 4 is 16.9 Å². The van der Waals surface area contributed by atoms with E-state index in [1.807, 2.05) is 4.90 Å². The molecule has 0 saturated carbocycles. The van der Waals surface area contributed by atoms with Gasteiger partial charge in [0.05, 0.1) is 23.3 Å². The van der Waals surface area contributed by atoms with E-state index in [1.54, 1.807) is 14.0 Å². The Morgan fingerprint density at radius 2 is 1.96 bits per heavy atom. The maximum Gasteiger partial charge on any atom is 0.238 e. The van der Waals surface area contributed by atoms with Crippen LogP contribution in [0.1, 0.15) is 24.2 Å². The molecule has 9 heteroatoms. The predicted octanol–water partition coefficient (Wildman–Crippen LogP) is 2.57. The fourth-order valence-corrected chi connectivity index (χ4v) is 3.04. The fraction of sp³-hybridized carbons (Fsp3) is 0.375. The van der Waals surface area contributed by atoms with Crippen molar-refractivity contribution in [1.82, 2.24) is 20.2 Å². The number of nitrogens with zero attached hydrogens (tertiary/aromatic N) is 5. The molecule has 0 radical (unpaired) electrons. The fourth-order valence-electron chi connectivity index (χ4n) is 3.04. The Bertz CT molecular complexity index is 932. The van der Waals surface area contributed by atoms with Gasteiger partial charge in [0.2, 0.25) is 11.8 Å². The SMILES string of the molecule is CO[C@H]1C[C@H](c2nnc(C)o2)N(c2cnc3cc(F)c(F)cc3n2)C1. The summed E-state index contributed by atoms with van der Waals surface area (Å²) in [4.78, 5) is 10.5. The molecule has 2 aromatic heterocycles. The van der Waals surface area contributed by atoms with Crippen LogP contribution in [0, 0.1) is 18.6 Å². The van der Waals surface area contributed by atoms with Gasteiger partial charge in [-0.2, -0.15) is 0 Å². The lowest BCUT2D eigenvalue weighted by Gasteiger charge is -2.22. The van der Waals surface area contributed by atoms with Crippen LogP contribution in [0.2, 0.25) is 0 Å². The largest absolute Gasteiger partial charge is 0.423 e. The highest BCUT2D eigenvalue weighted by Gasteiger charge is 2.37. The number of aromatic nitrogens is 4. The lowest BCUT2D eigenvalue weighted by molar-refractivity contribution is 0.117. The van der Waals surface area contributed by atoms with Gasteiger partial charge in [-0.3, -0.25) is 4.98 Å². The zero-order valence-electron chi connectivity index (χ0n) is 13.6. The van der Waals surface area contributed by atoms with E-state index >= 15 is 0 Å². The molecule has 0 amide bonds. The third-order valence-electron chi connectivity index (χ3n) is 4.29. The standard InChI is InChI=1S/C16H15F2N5O2/c1-8-21-22-16(25-8)14-3-9(24-2)7-23(14)15-6-19-12-4-10(17)11(18)5-13(12)20-15/h4-6,9,14H,3,7H2,1-2H3/t9-,14+/m0/s1. The van der Waals surface area contributed by atoms with Gasteiger partial charge in [0.1, 0.15) is 11.9 Å². The molecule has 25 heavy (non-hydrogen) atoms. The third kappa shape index (κ3) is 2.80. The van der Waals surface area contributed by atoms with Gasteiger partial charge in [0.25, 0.3) is 0 Å². The van der Waals surface area contributed by atoms with Crippen LogP contribution in [0.3, 0.4) is 0 Å². The van der Waals surface area contributed by atoms with Gasteiger partial charge in [0.15, 0.2) is 11.6 Å². The second-order valence-corrected chi connectivity index (χ2v) is 5.90. The maximum absolute atomic E-state index is 13.5. The minimum atomic E-state index is -0.959. The van der Waals surface area contributed by atoms with Gasteiger partial charge in [-0.15, -0.1) is 10.2 Å². The quantitative estimate of drug-likeness (QED) is 0.720. The summed E-state index contributed by atoms with van der Waals surface area (Å²) in [5, 5.41) is 7.96. The summed E-state index contributed by atoms with van der Waals surface area (Å²) in [5.74, 6) is -0.463. The summed E-state index contributed by atoms with van der Waals surface area (Å²) in [6.07, 6.45) is 2.13. The minimum Gasteiger partial charge on any atom is -0.423 e. The van der Waals surface area contributed by atoms with Gasteiger partial charge in [-0.25, -0.2) is 13.8 Å². The van der Waals surface area contributed by atoms with Crippen molar-refractivity contribution in [3.05, 3.63) is 41.7 Å². The molecule has 3 aromatic rings. The zero-order chi connectivity index (χ0) is 17.6. The Balaban J connectivity index is 1.75. The average Bonchev–Trinajstić information content (AvgIpc) is 3.21. The molecule has 0 spiro atoms. The topological polar surface area (TPSA) is 77.2 Å². The first-order valence-electron chi connectivity index (χ1n) is 7.76. The van der Waals surface area contributed by atoms with E-state index in [0.717, 1.165) is 12.1 Å². The number of hydrogen-bond acceptors (Lipinski definition) is 7. The molecule has 130 valence electrons. The van der Waals surface area contributed by atoms with E-state index in [1.165, 1.54) is 6.20 Å². The highest BCUT2D eigenvalue weighted by molar-refractivity contribution is 5.75. The van der Waals surface area contributed by atoms with Crippen LogP contribution in [0.15, 0.2) is 22.7 Å². The number of benzene rings is 1. The summed E-state index contributed by atoms with van der Waals surface area (Å²) < 4.78 is 37.9. The van der Waals surface area contributed by atoms with Crippen LogP contribution < -0.4 is 4.90 Å². The molecular formula is C16H15F2N5O2. The van der Waals surface area contributed by atoms with E-state index < -0.39 is 11.6 Å². The monoisotopic (exact) mass is 347 g/mol. The van der Waals surface area contributed by atoms with Crippen LogP contribution >= 0.6 is 0 Å². The Morgan fingerprint density at radius 3 is 2.64 bits per heavy atom. The Labute approximate surface area is 141 Å². The van der Waals surface area contributed by atoms with Gasteiger partial charge in [0, 0.05) is 39.1 Å². The third-order valence-corrected chi connectivity index (χ3v) is 4.29. The Kier molecular flexibility index (Phi) is 3.79. The van der Waals surface area contributed by atoms with Crippen molar-refractivity contribution in [3.8, 4) is 0 Å². The molecule has 1 saturated heterocycles. The molecule has 1 fully saturated rings. The summed E-state index contributed by atoms with van der Waals surface area (Å²) in [6, 6.07) is 1.85. The van der Waals surface area contributed by atoms with Crippen molar-refractivity contribution in [2.75, 3.05) is 18.6 Å². The van der Waals surface area contributed by atoms with E-state index in [9.17, 15) is 8.78 Å². The minimum absolute atomic E-state index is 0.0420. The van der Waals surface area contributed by atoms with Crippen molar-refractivity contribution in [3.63, 3.8) is 0 Å². The average molecular weight is 347 g/mol. The first-order valence-corrected chi connectivity index (χ1v) is 7.76. The van der Waals surface area contributed by atoms with Crippen molar-refractivity contribution in [2.24, 2.45) is 0 Å². The van der Waals surface area contributed by atoms with Gasteiger partial charge < -0.3 is 14.1 Å². The molecule has 0 aliphatic carbocycles. The van der Waals surface area contributed by atoms with E-state index in [0.29, 0.717) is 30.6 Å². The molecule has 2 atom stereocenters. The van der Waals surface area contributed by atoms with E-state index in [-0.39, 0.29) is 23.2 Å². The van der Waals surface area contributed by atoms with Crippen LogP contribution in [-0.2, 0) is 4.74 Å². The second-order valence-electron chi connectivity index (χ2n) is 5.90. The van der Waals surface area contributed by atoms with Crippen LogP contribution in [0.5, 0.6) is 0 Å². The summed E-state index contributed by atoms with van der Waals surface area (Å²) >= 11 is 0. The molecule has 1 aliphatic rings. The lowest BCUT2D eigenvalue weighted by atomic mass is 10.2. The van der Waals surface area contributed by atoms with Crippen LogP contribution in [-0.4, -0.2) is 39.9 Å². The van der Waals surface area contributed by atoms with Gasteiger partial charge in [-0.1, -0.05) is 0 Å². The number of anilines is 1. The van der Waals surface area contributed by atoms with E-state index in [4.69, 9.17) is 9.15 Å². The Morgan fingerprint density at radius 1 is 1.20 bits per heavy atom. The molecule has 0 unspecified atom stereocenters. The first-order chi connectivity index (χ1) is 12.0. The van der Waals surface area contributed by atoms with Crippen LogP contribution in [0.25, 0.3) is 11.0 Å². The predicted molar refractivity (Wildman–Crippen MR) is 84.0 cm³/mol. The molecule has 1 aliphatic heterocycles. The van der Waals surface area contributed by atoms with E-state index in [2.05, 4.69) is 20.2 Å². The maximum atomic E-state index is 13.5. The summed E-state index contributed by atoms with van der Waals surface area (Å²) in [6.45, 7) is 2.27. The lowest BCUT2D eigenvalue weighted by Crippen LogP contribution is -2.26. The molecular weight excluding hydrogens is 332 g/mol. The molecule has 3 heterocycles. The second kappa shape index (κ2) is 5.99. The number of fused-ring (bicyclic) bond motifs is 1. The first kappa shape index (κ1) is 15.8. The normalized spacial score (nSPS) is 20.6. The number of rotatable bonds is 3. The number of halogens is 2. The zero-order valence-corrected chi connectivity index (χ0v) is 13.6. The number of ether oxygens (including phenoxy) is 1. The highest BCUT2D eigenvalue weighted by Crippen LogP contribution is 2.36. The highest BCUT2D eigenvalue weighted by atomic mass is 19.2. The van der Waals surface area contributed by atoms with Crippen molar-refractivity contribution in [1.29, 1.82) is 0 Å². The van der Waals surface area contributed by atoms with Gasteiger partial charge >= 0.3 is 0 Å². The van der Waals surface area contributed by atoms with Crippen molar-refractivity contribution < 1.29 is 17.9 Å². The molecule has 0 bridgehead atoms. The molecule has 0 N–H and O–H groups in total. The molecule has 4 rings (SSSR count). The smallest absolute Gasteiger partial charge is 0.238 e. The summed E-state index contributed by atoms with van der Waals surface area (Å²) in [7, 11) is 1.63. The number of aryl methyl sites for hydroxylation is 1. The van der Waals surface area contributed by atoms with Crippen molar-refractivity contribution in [2.45, 2.75) is 25.5 Å². The van der Waals surface area contributed by atoms with Crippen LogP contribution in [0.4, 0.5) is 14.6 Å². The molecule has 1 aromatic carbocycles. The Hall–Kier alpha value is -2.68. The van der Waals surface area contributed by atoms with Gasteiger partial charge in [-0.05, 0) is 0 Å². The number of hydrogen-bond donors (Lipinski definition) is 0. The number of methoxy groups -OCH3 is 1.